The maximum absolute atomic E-state index is 12.1. The summed E-state index contributed by atoms with van der Waals surface area (Å²) in [5, 5.41) is 15.9. The number of esters is 1. The Balaban J connectivity index is 1.62. The largest absolute Gasteiger partial charge is 0.466 e. The lowest BCUT2D eigenvalue weighted by atomic mass is 9.75. The van der Waals surface area contributed by atoms with Crippen molar-refractivity contribution >= 4 is 22.7 Å². The summed E-state index contributed by atoms with van der Waals surface area (Å²) in [4.78, 5) is 21.4. The lowest BCUT2D eigenvalue weighted by Gasteiger charge is -2.35. The monoisotopic (exact) mass is 447 g/mol. The van der Waals surface area contributed by atoms with E-state index in [0.29, 0.717) is 38.1 Å². The number of benzene rings is 2. The van der Waals surface area contributed by atoms with Crippen LogP contribution >= 0.6 is 0 Å². The molecule has 33 heavy (non-hydrogen) atoms. The first kappa shape index (κ1) is 23.2. The summed E-state index contributed by atoms with van der Waals surface area (Å²) in [7, 11) is 0. The molecular weight excluding hydrogens is 414 g/mol. The number of nitrogens with one attached hydrogen (secondary N) is 1. The van der Waals surface area contributed by atoms with Gasteiger partial charge in [0.2, 0.25) is 0 Å². The number of fused-ring (bicyclic) bond motifs is 1. The average molecular weight is 448 g/mol. The van der Waals surface area contributed by atoms with Gasteiger partial charge in [-0.3, -0.25) is 4.79 Å². The van der Waals surface area contributed by atoms with Gasteiger partial charge in [-0.2, -0.15) is 0 Å². The third kappa shape index (κ3) is 5.01. The maximum Gasteiger partial charge on any atom is 0.308 e. The molecule has 0 saturated heterocycles. The molecule has 1 aliphatic rings. The van der Waals surface area contributed by atoms with E-state index in [9.17, 15) is 9.90 Å². The molecule has 6 nitrogen and oxygen atoms in total. The lowest BCUT2D eigenvalue weighted by Crippen LogP contribution is -2.34. The minimum Gasteiger partial charge on any atom is -0.466 e. The van der Waals surface area contributed by atoms with E-state index in [4.69, 9.17) is 4.74 Å². The van der Waals surface area contributed by atoms with Crippen molar-refractivity contribution in [2.24, 2.45) is 5.92 Å². The average Bonchev–Trinajstić information content (AvgIpc) is 2.79. The van der Waals surface area contributed by atoms with Gasteiger partial charge in [0, 0.05) is 11.4 Å². The number of aliphatic hydroxyl groups is 1. The minimum absolute atomic E-state index is 0.0640. The van der Waals surface area contributed by atoms with Crippen LogP contribution in [0.25, 0.3) is 10.9 Å². The fourth-order valence-electron chi connectivity index (χ4n) is 4.75. The Kier molecular flexibility index (Phi) is 6.66. The molecule has 3 aromatic rings. The summed E-state index contributed by atoms with van der Waals surface area (Å²) in [6, 6.07) is 14.4. The first-order valence-electron chi connectivity index (χ1n) is 11.8. The second kappa shape index (κ2) is 9.48. The van der Waals surface area contributed by atoms with Gasteiger partial charge in [0.1, 0.15) is 11.6 Å². The molecule has 0 aliphatic heterocycles. The molecule has 2 N–H and O–H groups in total. The van der Waals surface area contributed by atoms with Gasteiger partial charge in [-0.05, 0) is 76.6 Å². The number of rotatable bonds is 6. The van der Waals surface area contributed by atoms with Crippen LogP contribution in [-0.4, -0.2) is 27.7 Å². The number of aromatic nitrogens is 2. The van der Waals surface area contributed by atoms with Crippen LogP contribution in [0.2, 0.25) is 0 Å². The third-order valence-electron chi connectivity index (χ3n) is 6.67. The number of carbonyl (C=O) groups is 1. The molecule has 1 aromatic heterocycles. The van der Waals surface area contributed by atoms with Gasteiger partial charge >= 0.3 is 5.97 Å². The van der Waals surface area contributed by atoms with Crippen LogP contribution in [0.1, 0.15) is 68.1 Å². The van der Waals surface area contributed by atoms with Crippen LogP contribution in [0.5, 0.6) is 0 Å². The number of aryl methyl sites for hydroxylation is 2. The normalized spacial score (nSPS) is 21.5. The van der Waals surface area contributed by atoms with E-state index in [1.165, 1.54) is 11.1 Å². The number of hydrogen-bond donors (Lipinski definition) is 2. The van der Waals surface area contributed by atoms with E-state index in [0.717, 1.165) is 22.3 Å². The van der Waals surface area contributed by atoms with Crippen LogP contribution in [0, 0.1) is 19.8 Å². The predicted molar refractivity (Wildman–Crippen MR) is 130 cm³/mol. The number of anilines is 1. The Hall–Kier alpha value is -2.99. The molecule has 1 atom stereocenters. The van der Waals surface area contributed by atoms with Crippen LogP contribution in [0.3, 0.4) is 0 Å². The molecule has 0 radical (unpaired) electrons. The molecular formula is C27H33N3O3. The van der Waals surface area contributed by atoms with E-state index in [1.807, 2.05) is 32.0 Å². The Morgan fingerprint density at radius 2 is 1.94 bits per heavy atom. The zero-order valence-corrected chi connectivity index (χ0v) is 19.9. The van der Waals surface area contributed by atoms with E-state index in [-0.39, 0.29) is 17.9 Å². The van der Waals surface area contributed by atoms with E-state index >= 15 is 0 Å². The molecule has 1 fully saturated rings. The topological polar surface area (TPSA) is 84.3 Å². The van der Waals surface area contributed by atoms with Crippen molar-refractivity contribution < 1.29 is 14.6 Å². The minimum atomic E-state index is -0.971. The second-order valence-electron chi connectivity index (χ2n) is 9.19. The summed E-state index contributed by atoms with van der Waals surface area (Å²) in [5.41, 5.74) is 3.12. The van der Waals surface area contributed by atoms with Crippen molar-refractivity contribution in [2.45, 2.75) is 65.0 Å². The molecule has 6 heteroatoms. The maximum atomic E-state index is 12.1. The fraction of sp³-hybridized carbons (Fsp3) is 0.444. The zero-order chi connectivity index (χ0) is 23.6. The predicted octanol–water partition coefficient (Wildman–Crippen LogP) is 5.36. The molecule has 0 bridgehead atoms. The molecule has 174 valence electrons. The van der Waals surface area contributed by atoms with Gasteiger partial charge in [0.15, 0.2) is 0 Å². The van der Waals surface area contributed by atoms with Crippen molar-refractivity contribution in [3.05, 3.63) is 65.0 Å². The lowest BCUT2D eigenvalue weighted by molar-refractivity contribution is -0.151. The Bertz CT molecular complexity index is 1150. The van der Waals surface area contributed by atoms with Gasteiger partial charge in [-0.15, -0.1) is 0 Å². The SMILES string of the molecule is CCOC(=O)C1CCC(O)(c2ccc3nc(C)nc(N[C@H](C)c4cccc(C)c4)c3c2)CC1. The molecule has 4 rings (SSSR count). The Labute approximate surface area is 195 Å². The molecule has 0 amide bonds. The van der Waals surface area contributed by atoms with E-state index in [2.05, 4.69) is 53.4 Å². The first-order chi connectivity index (χ1) is 15.8. The summed E-state index contributed by atoms with van der Waals surface area (Å²) >= 11 is 0. The van der Waals surface area contributed by atoms with Crippen molar-refractivity contribution in [3.8, 4) is 0 Å². The van der Waals surface area contributed by atoms with Gasteiger partial charge in [0.25, 0.3) is 0 Å². The first-order valence-corrected chi connectivity index (χ1v) is 11.8. The van der Waals surface area contributed by atoms with Crippen molar-refractivity contribution in [3.63, 3.8) is 0 Å². The summed E-state index contributed by atoms with van der Waals surface area (Å²) in [6.07, 6.45) is 2.29. The smallest absolute Gasteiger partial charge is 0.308 e. The Morgan fingerprint density at radius 3 is 2.64 bits per heavy atom. The highest BCUT2D eigenvalue weighted by Crippen LogP contribution is 2.41. The molecule has 0 spiro atoms. The number of carbonyl (C=O) groups excluding carboxylic acids is 1. The number of nitrogens with zero attached hydrogens (tertiary/aromatic N) is 2. The molecule has 1 aliphatic carbocycles. The van der Waals surface area contributed by atoms with Crippen molar-refractivity contribution in [1.82, 2.24) is 9.97 Å². The fourth-order valence-corrected chi connectivity index (χ4v) is 4.75. The Morgan fingerprint density at radius 1 is 1.18 bits per heavy atom. The van der Waals surface area contributed by atoms with Gasteiger partial charge in [-0.25, -0.2) is 9.97 Å². The van der Waals surface area contributed by atoms with Crippen molar-refractivity contribution in [1.29, 1.82) is 0 Å². The quantitative estimate of drug-likeness (QED) is 0.495. The van der Waals surface area contributed by atoms with Crippen LogP contribution < -0.4 is 5.32 Å². The van der Waals surface area contributed by atoms with Gasteiger partial charge < -0.3 is 15.2 Å². The zero-order valence-electron chi connectivity index (χ0n) is 19.9. The van der Waals surface area contributed by atoms with Crippen LogP contribution in [-0.2, 0) is 15.1 Å². The highest BCUT2D eigenvalue weighted by molar-refractivity contribution is 5.90. The highest BCUT2D eigenvalue weighted by atomic mass is 16.5. The summed E-state index contributed by atoms with van der Waals surface area (Å²) in [5.74, 6) is 1.17. The number of ether oxygens (including phenoxy) is 1. The molecule has 0 unspecified atom stereocenters. The third-order valence-corrected chi connectivity index (χ3v) is 6.67. The van der Waals surface area contributed by atoms with Crippen LogP contribution in [0.15, 0.2) is 42.5 Å². The van der Waals surface area contributed by atoms with Gasteiger partial charge in [-0.1, -0.05) is 35.9 Å². The van der Waals surface area contributed by atoms with E-state index < -0.39 is 5.60 Å². The van der Waals surface area contributed by atoms with E-state index in [1.54, 1.807) is 0 Å². The standard InChI is InChI=1S/C27H33N3O3/c1-5-33-26(31)20-11-13-27(32,14-12-20)22-9-10-24-23(16-22)25(30-19(4)29-24)28-18(3)21-8-6-7-17(2)15-21/h6-10,15-16,18,20,32H,5,11-14H2,1-4H3,(H,28,29,30)/t18-,20?,27?/m1/s1. The molecule has 2 aromatic carbocycles. The molecule has 1 saturated carbocycles. The highest BCUT2D eigenvalue weighted by Gasteiger charge is 2.37. The summed E-state index contributed by atoms with van der Waals surface area (Å²) in [6.45, 7) is 8.30. The molecule has 1 heterocycles. The van der Waals surface area contributed by atoms with Crippen molar-refractivity contribution in [2.75, 3.05) is 11.9 Å². The number of hydrogen-bond acceptors (Lipinski definition) is 6. The second-order valence-corrected chi connectivity index (χ2v) is 9.19. The van der Waals surface area contributed by atoms with Crippen LogP contribution in [0.4, 0.5) is 5.82 Å². The summed E-state index contributed by atoms with van der Waals surface area (Å²) < 4.78 is 5.18. The van der Waals surface area contributed by atoms with Gasteiger partial charge in [0.05, 0.1) is 23.6 Å².